The van der Waals surface area contributed by atoms with E-state index in [2.05, 4.69) is 10.3 Å². The summed E-state index contributed by atoms with van der Waals surface area (Å²) < 4.78 is 1.67. The fourth-order valence-corrected chi connectivity index (χ4v) is 1.55. The van der Waals surface area contributed by atoms with E-state index in [1.165, 1.54) is 12.8 Å². The maximum Gasteiger partial charge on any atom is 0.300 e. The minimum Gasteiger partial charge on any atom is -0.480 e. The smallest absolute Gasteiger partial charge is 0.300 e. The number of aromatic hydroxyl groups is 1. The first-order valence-corrected chi connectivity index (χ1v) is 4.77. The van der Waals surface area contributed by atoms with Gasteiger partial charge in [0.15, 0.2) is 5.82 Å². The van der Waals surface area contributed by atoms with Gasteiger partial charge >= 0.3 is 6.01 Å². The van der Waals surface area contributed by atoms with Crippen LogP contribution in [0.15, 0.2) is 24.4 Å². The van der Waals surface area contributed by atoms with E-state index in [1.807, 2.05) is 18.2 Å². The normalized spacial score (nSPS) is 16.0. The summed E-state index contributed by atoms with van der Waals surface area (Å²) in [6.45, 7) is 0. The van der Waals surface area contributed by atoms with Crippen LogP contribution in [0.25, 0.3) is 5.52 Å². The lowest BCUT2D eigenvalue weighted by molar-refractivity contribution is 0.428. The quantitative estimate of drug-likeness (QED) is 0.754. The van der Waals surface area contributed by atoms with Crippen LogP contribution in [0.4, 0.5) is 5.82 Å². The van der Waals surface area contributed by atoms with Gasteiger partial charge in [0.25, 0.3) is 0 Å². The topological polar surface area (TPSA) is 49.6 Å². The highest BCUT2D eigenvalue weighted by atomic mass is 16.3. The molecular formula is C10H11N3O. The molecule has 72 valence electrons. The number of hydrogen-bond donors (Lipinski definition) is 2. The number of rotatable bonds is 2. The van der Waals surface area contributed by atoms with Crippen molar-refractivity contribution >= 4 is 11.3 Å². The van der Waals surface area contributed by atoms with Crippen molar-refractivity contribution in [2.45, 2.75) is 18.9 Å². The van der Waals surface area contributed by atoms with Crippen LogP contribution >= 0.6 is 0 Å². The zero-order chi connectivity index (χ0) is 9.54. The van der Waals surface area contributed by atoms with Gasteiger partial charge in [-0.2, -0.15) is 4.98 Å². The zero-order valence-electron chi connectivity index (χ0n) is 7.64. The third-order valence-corrected chi connectivity index (χ3v) is 2.45. The number of nitrogens with one attached hydrogen (secondary N) is 1. The van der Waals surface area contributed by atoms with Crippen LogP contribution in [-0.4, -0.2) is 20.5 Å². The predicted molar refractivity (Wildman–Crippen MR) is 53.5 cm³/mol. The minimum absolute atomic E-state index is 0.0451. The van der Waals surface area contributed by atoms with Gasteiger partial charge in [0.2, 0.25) is 0 Å². The van der Waals surface area contributed by atoms with E-state index in [1.54, 1.807) is 10.6 Å². The Morgan fingerprint density at radius 1 is 1.43 bits per heavy atom. The molecule has 4 heteroatoms. The molecule has 2 aromatic heterocycles. The number of anilines is 1. The molecular weight excluding hydrogens is 178 g/mol. The Kier molecular flexibility index (Phi) is 1.45. The van der Waals surface area contributed by atoms with Crippen molar-refractivity contribution in [2.75, 3.05) is 5.32 Å². The summed E-state index contributed by atoms with van der Waals surface area (Å²) in [6.07, 6.45) is 4.20. The average Bonchev–Trinajstić information content (AvgIpc) is 2.95. The van der Waals surface area contributed by atoms with Crippen LogP contribution < -0.4 is 5.32 Å². The second-order valence-electron chi connectivity index (χ2n) is 3.63. The van der Waals surface area contributed by atoms with E-state index < -0.39 is 0 Å². The van der Waals surface area contributed by atoms with Crippen molar-refractivity contribution in [3.63, 3.8) is 0 Å². The van der Waals surface area contributed by atoms with Crippen molar-refractivity contribution in [2.24, 2.45) is 0 Å². The van der Waals surface area contributed by atoms with E-state index in [0.29, 0.717) is 6.04 Å². The van der Waals surface area contributed by atoms with Gasteiger partial charge in [-0.25, -0.2) is 0 Å². The summed E-state index contributed by atoms with van der Waals surface area (Å²) in [5, 5.41) is 12.8. The molecule has 1 aliphatic rings. The molecule has 4 nitrogen and oxygen atoms in total. The van der Waals surface area contributed by atoms with Crippen molar-refractivity contribution in [3.05, 3.63) is 24.4 Å². The summed E-state index contributed by atoms with van der Waals surface area (Å²) in [5.41, 5.74) is 0.928. The van der Waals surface area contributed by atoms with Crippen LogP contribution in [0.3, 0.4) is 0 Å². The van der Waals surface area contributed by atoms with E-state index in [4.69, 9.17) is 0 Å². The molecule has 0 aromatic carbocycles. The Labute approximate surface area is 81.2 Å². The van der Waals surface area contributed by atoms with E-state index >= 15 is 0 Å². The van der Waals surface area contributed by atoms with Gasteiger partial charge in [0.1, 0.15) is 0 Å². The minimum atomic E-state index is 0.0451. The Balaban J connectivity index is 2.12. The molecule has 0 unspecified atom stereocenters. The van der Waals surface area contributed by atoms with Gasteiger partial charge in [0.05, 0.1) is 5.52 Å². The van der Waals surface area contributed by atoms with Crippen molar-refractivity contribution in [1.29, 1.82) is 0 Å². The lowest BCUT2D eigenvalue weighted by Gasteiger charge is -1.99. The summed E-state index contributed by atoms with van der Waals surface area (Å²) in [5.74, 6) is 0.783. The Hall–Kier alpha value is -1.71. The second-order valence-corrected chi connectivity index (χ2v) is 3.63. The average molecular weight is 189 g/mol. The lowest BCUT2D eigenvalue weighted by Crippen LogP contribution is -2.01. The first-order valence-electron chi connectivity index (χ1n) is 4.77. The Bertz CT molecular complexity index is 473. The van der Waals surface area contributed by atoms with Gasteiger partial charge in [-0.1, -0.05) is 6.07 Å². The van der Waals surface area contributed by atoms with E-state index in [9.17, 15) is 5.11 Å². The highest BCUT2D eigenvalue weighted by Gasteiger charge is 2.23. The third-order valence-electron chi connectivity index (χ3n) is 2.45. The Morgan fingerprint density at radius 2 is 2.29 bits per heavy atom. The molecule has 0 saturated heterocycles. The first kappa shape index (κ1) is 7.67. The first-order chi connectivity index (χ1) is 6.84. The highest BCUT2D eigenvalue weighted by molar-refractivity contribution is 5.70. The predicted octanol–water partition coefficient (Wildman–Crippen LogP) is 1.61. The zero-order valence-corrected chi connectivity index (χ0v) is 7.64. The molecule has 14 heavy (non-hydrogen) atoms. The molecule has 2 heterocycles. The summed E-state index contributed by atoms with van der Waals surface area (Å²) in [6, 6.07) is 6.35. The molecule has 0 radical (unpaired) electrons. The van der Waals surface area contributed by atoms with Crippen molar-refractivity contribution in [3.8, 4) is 6.01 Å². The monoisotopic (exact) mass is 189 g/mol. The molecule has 0 atom stereocenters. The number of aromatic nitrogens is 2. The summed E-state index contributed by atoms with van der Waals surface area (Å²) >= 11 is 0. The number of imidazole rings is 1. The molecule has 3 rings (SSSR count). The number of fused-ring (bicyclic) bond motifs is 1. The van der Waals surface area contributed by atoms with Crippen LogP contribution in [0, 0.1) is 0 Å². The van der Waals surface area contributed by atoms with Gasteiger partial charge < -0.3 is 10.4 Å². The third kappa shape index (κ3) is 1.11. The molecule has 1 aliphatic carbocycles. The van der Waals surface area contributed by atoms with Crippen LogP contribution in [0.2, 0.25) is 0 Å². The van der Waals surface area contributed by atoms with Crippen LogP contribution in [0.5, 0.6) is 6.01 Å². The highest BCUT2D eigenvalue weighted by Crippen LogP contribution is 2.28. The largest absolute Gasteiger partial charge is 0.480 e. The molecule has 0 aliphatic heterocycles. The molecule has 0 amide bonds. The fourth-order valence-electron chi connectivity index (χ4n) is 1.55. The van der Waals surface area contributed by atoms with Gasteiger partial charge in [-0.3, -0.25) is 4.40 Å². The van der Waals surface area contributed by atoms with Crippen molar-refractivity contribution in [1.82, 2.24) is 9.38 Å². The molecule has 2 aromatic rings. The molecule has 2 N–H and O–H groups in total. The number of hydrogen-bond acceptors (Lipinski definition) is 3. The van der Waals surface area contributed by atoms with E-state index in [-0.39, 0.29) is 6.01 Å². The standard InChI is InChI=1S/C10H11N3O/c14-10-12-9(11-7-4-5-7)8-3-1-2-6-13(8)10/h1-3,6-7,11H,4-5H2,(H,12,14). The van der Waals surface area contributed by atoms with Crippen LogP contribution in [0.1, 0.15) is 12.8 Å². The molecule has 1 fully saturated rings. The maximum atomic E-state index is 9.54. The fraction of sp³-hybridized carbons (Fsp3) is 0.300. The van der Waals surface area contributed by atoms with Gasteiger partial charge in [-0.15, -0.1) is 0 Å². The van der Waals surface area contributed by atoms with Gasteiger partial charge in [-0.05, 0) is 25.0 Å². The van der Waals surface area contributed by atoms with Gasteiger partial charge in [0, 0.05) is 12.2 Å². The lowest BCUT2D eigenvalue weighted by atomic mass is 10.4. The summed E-state index contributed by atoms with van der Waals surface area (Å²) in [4.78, 5) is 4.08. The van der Waals surface area contributed by atoms with E-state index in [0.717, 1.165) is 11.3 Å². The second kappa shape index (κ2) is 2.64. The summed E-state index contributed by atoms with van der Waals surface area (Å²) in [7, 11) is 0. The maximum absolute atomic E-state index is 9.54. The number of pyridine rings is 1. The SMILES string of the molecule is Oc1nc(NC2CC2)c2ccccn12. The van der Waals surface area contributed by atoms with Crippen molar-refractivity contribution < 1.29 is 5.11 Å². The number of nitrogens with zero attached hydrogens (tertiary/aromatic N) is 2. The molecule has 1 saturated carbocycles. The van der Waals surface area contributed by atoms with Crippen LogP contribution in [-0.2, 0) is 0 Å². The Morgan fingerprint density at radius 3 is 3.07 bits per heavy atom. The molecule has 0 bridgehead atoms. The molecule has 0 spiro atoms.